The van der Waals surface area contributed by atoms with Crippen LogP contribution in [0.2, 0.25) is 0 Å². The molecule has 1 aromatic rings. The van der Waals surface area contributed by atoms with E-state index >= 15 is 0 Å². The molecule has 2 heteroatoms. The van der Waals surface area contributed by atoms with Gasteiger partial charge in [0.05, 0.1) is 0 Å². The first-order chi connectivity index (χ1) is 7.31. The van der Waals surface area contributed by atoms with Crippen LogP contribution in [0.5, 0.6) is 0 Å². The van der Waals surface area contributed by atoms with Gasteiger partial charge in [0.25, 0.3) is 0 Å². The molecule has 0 aromatic heterocycles. The largest absolute Gasteiger partial charge is 0.372 e. The minimum atomic E-state index is 0.790. The first-order valence-corrected chi connectivity index (χ1v) is 5.28. The highest BCUT2D eigenvalue weighted by atomic mass is 16.1. The van der Waals surface area contributed by atoms with Gasteiger partial charge in [-0.1, -0.05) is 18.2 Å². The summed E-state index contributed by atoms with van der Waals surface area (Å²) in [5, 5.41) is 0. The standard InChI is InChI=1S/C13H17NO/c1-3-14(4-2)13-9-7-12(8-10-13)6-5-11-15/h5-11H,3-4H2,1-2H3/b6-5-. The monoisotopic (exact) mass is 203 g/mol. The van der Waals surface area contributed by atoms with Gasteiger partial charge in [-0.05, 0) is 37.6 Å². The van der Waals surface area contributed by atoms with Crippen LogP contribution in [-0.2, 0) is 4.79 Å². The Morgan fingerprint density at radius 1 is 1.13 bits per heavy atom. The topological polar surface area (TPSA) is 20.3 Å². The van der Waals surface area contributed by atoms with Gasteiger partial charge in [-0.15, -0.1) is 0 Å². The number of nitrogens with zero attached hydrogens (tertiary/aromatic N) is 1. The lowest BCUT2D eigenvalue weighted by atomic mass is 10.2. The molecular formula is C13H17NO. The fraction of sp³-hybridized carbons (Fsp3) is 0.308. The lowest BCUT2D eigenvalue weighted by Gasteiger charge is -2.20. The van der Waals surface area contributed by atoms with Crippen molar-refractivity contribution in [2.24, 2.45) is 0 Å². The third kappa shape index (κ3) is 3.24. The molecule has 80 valence electrons. The molecule has 0 atom stereocenters. The second-order valence-corrected chi connectivity index (χ2v) is 3.26. The van der Waals surface area contributed by atoms with E-state index in [2.05, 4.69) is 30.9 Å². The number of allylic oxidation sites excluding steroid dienone is 1. The molecule has 2 nitrogen and oxygen atoms in total. The average molecular weight is 203 g/mol. The smallest absolute Gasteiger partial charge is 0.142 e. The van der Waals surface area contributed by atoms with Gasteiger partial charge in [-0.3, -0.25) is 4.79 Å². The molecule has 0 saturated heterocycles. The summed E-state index contributed by atoms with van der Waals surface area (Å²) in [6, 6.07) is 8.20. The molecule has 0 aliphatic carbocycles. The van der Waals surface area contributed by atoms with Crippen LogP contribution in [0, 0.1) is 0 Å². The molecule has 0 saturated carbocycles. The highest BCUT2D eigenvalue weighted by molar-refractivity contribution is 5.74. The molecule has 0 bridgehead atoms. The van der Waals surface area contributed by atoms with Gasteiger partial charge < -0.3 is 4.90 Å². The molecule has 0 radical (unpaired) electrons. The third-order valence-corrected chi connectivity index (χ3v) is 2.39. The minimum absolute atomic E-state index is 0.790. The van der Waals surface area contributed by atoms with E-state index in [4.69, 9.17) is 0 Å². The summed E-state index contributed by atoms with van der Waals surface area (Å²) >= 11 is 0. The van der Waals surface area contributed by atoms with E-state index in [-0.39, 0.29) is 0 Å². The van der Waals surface area contributed by atoms with Crippen molar-refractivity contribution in [3.8, 4) is 0 Å². The van der Waals surface area contributed by atoms with E-state index in [0.717, 1.165) is 24.9 Å². The van der Waals surface area contributed by atoms with E-state index in [1.54, 1.807) is 6.08 Å². The first-order valence-electron chi connectivity index (χ1n) is 5.28. The second-order valence-electron chi connectivity index (χ2n) is 3.26. The third-order valence-electron chi connectivity index (χ3n) is 2.39. The lowest BCUT2D eigenvalue weighted by Crippen LogP contribution is -2.21. The lowest BCUT2D eigenvalue weighted by molar-refractivity contribution is -0.104. The maximum absolute atomic E-state index is 10.2. The van der Waals surface area contributed by atoms with Gasteiger partial charge in [0.1, 0.15) is 6.29 Å². The van der Waals surface area contributed by atoms with Crippen LogP contribution in [0.3, 0.4) is 0 Å². The molecule has 0 heterocycles. The quantitative estimate of drug-likeness (QED) is 0.541. The van der Waals surface area contributed by atoms with Gasteiger partial charge in [0, 0.05) is 18.8 Å². The van der Waals surface area contributed by atoms with Gasteiger partial charge in [-0.25, -0.2) is 0 Å². The summed E-state index contributed by atoms with van der Waals surface area (Å²) < 4.78 is 0. The van der Waals surface area contributed by atoms with Gasteiger partial charge in [-0.2, -0.15) is 0 Å². The fourth-order valence-corrected chi connectivity index (χ4v) is 1.54. The van der Waals surface area contributed by atoms with Crippen LogP contribution in [0.15, 0.2) is 30.3 Å². The molecule has 0 spiro atoms. The van der Waals surface area contributed by atoms with Crippen LogP contribution in [0.25, 0.3) is 6.08 Å². The SMILES string of the molecule is CCN(CC)c1ccc(/C=C\C=O)cc1. The van der Waals surface area contributed by atoms with E-state index < -0.39 is 0 Å². The van der Waals surface area contributed by atoms with Gasteiger partial charge >= 0.3 is 0 Å². The summed E-state index contributed by atoms with van der Waals surface area (Å²) in [5.74, 6) is 0. The van der Waals surface area contributed by atoms with Crippen LogP contribution >= 0.6 is 0 Å². The second kappa shape index (κ2) is 6.02. The van der Waals surface area contributed by atoms with Crippen LogP contribution in [0.4, 0.5) is 5.69 Å². The summed E-state index contributed by atoms with van der Waals surface area (Å²) in [4.78, 5) is 12.4. The molecule has 0 fully saturated rings. The van der Waals surface area contributed by atoms with Crippen LogP contribution < -0.4 is 4.90 Å². The molecule has 0 unspecified atom stereocenters. The highest BCUT2D eigenvalue weighted by Crippen LogP contribution is 2.15. The molecule has 0 amide bonds. The number of carbonyl (C=O) groups is 1. The molecule has 0 aliphatic rings. The summed E-state index contributed by atoms with van der Waals surface area (Å²) in [7, 11) is 0. The van der Waals surface area contributed by atoms with Crippen LogP contribution in [0.1, 0.15) is 19.4 Å². The van der Waals surface area contributed by atoms with E-state index in [1.807, 2.05) is 12.1 Å². The van der Waals surface area contributed by atoms with E-state index in [0.29, 0.717) is 0 Å². The Morgan fingerprint density at radius 3 is 2.20 bits per heavy atom. The Morgan fingerprint density at radius 2 is 1.73 bits per heavy atom. The van der Waals surface area contributed by atoms with Crippen molar-refractivity contribution in [3.63, 3.8) is 0 Å². The molecule has 15 heavy (non-hydrogen) atoms. The molecule has 1 aromatic carbocycles. The maximum atomic E-state index is 10.2. The summed E-state index contributed by atoms with van der Waals surface area (Å²) in [5.41, 5.74) is 2.28. The van der Waals surface area contributed by atoms with Crippen molar-refractivity contribution < 1.29 is 4.79 Å². The van der Waals surface area contributed by atoms with E-state index in [9.17, 15) is 4.79 Å². The number of hydrogen-bond acceptors (Lipinski definition) is 2. The van der Waals surface area contributed by atoms with Crippen molar-refractivity contribution in [1.82, 2.24) is 0 Å². The first kappa shape index (κ1) is 11.5. The molecule has 0 N–H and O–H groups in total. The fourth-order valence-electron chi connectivity index (χ4n) is 1.54. The van der Waals surface area contributed by atoms with E-state index in [1.165, 1.54) is 11.8 Å². The number of benzene rings is 1. The van der Waals surface area contributed by atoms with Gasteiger partial charge in [0.2, 0.25) is 0 Å². The molecule has 0 aliphatic heterocycles. The predicted octanol–water partition coefficient (Wildman–Crippen LogP) is 2.74. The Bertz CT molecular complexity index is 323. The van der Waals surface area contributed by atoms with Crippen molar-refractivity contribution in [1.29, 1.82) is 0 Å². The van der Waals surface area contributed by atoms with Gasteiger partial charge in [0.15, 0.2) is 0 Å². The number of rotatable bonds is 5. The highest BCUT2D eigenvalue weighted by Gasteiger charge is 1.99. The zero-order chi connectivity index (χ0) is 11.1. The molecular weight excluding hydrogens is 186 g/mol. The van der Waals surface area contributed by atoms with Crippen molar-refractivity contribution in [2.45, 2.75) is 13.8 Å². The molecule has 1 rings (SSSR count). The van der Waals surface area contributed by atoms with Crippen molar-refractivity contribution in [2.75, 3.05) is 18.0 Å². The number of hydrogen-bond donors (Lipinski definition) is 0. The number of carbonyl (C=O) groups excluding carboxylic acids is 1. The normalized spacial score (nSPS) is 10.5. The Balaban J connectivity index is 2.79. The number of anilines is 1. The predicted molar refractivity (Wildman–Crippen MR) is 65.1 cm³/mol. The maximum Gasteiger partial charge on any atom is 0.142 e. The average Bonchev–Trinajstić information content (AvgIpc) is 2.29. The summed E-state index contributed by atoms with van der Waals surface area (Å²) in [6.45, 7) is 6.31. The van der Waals surface area contributed by atoms with Crippen molar-refractivity contribution >= 4 is 18.0 Å². The summed E-state index contributed by atoms with van der Waals surface area (Å²) in [6.07, 6.45) is 4.10. The zero-order valence-corrected chi connectivity index (χ0v) is 9.31. The van der Waals surface area contributed by atoms with Crippen molar-refractivity contribution in [3.05, 3.63) is 35.9 Å². The minimum Gasteiger partial charge on any atom is -0.372 e. The Hall–Kier alpha value is -1.57. The zero-order valence-electron chi connectivity index (χ0n) is 9.31. The Kier molecular flexibility index (Phi) is 4.61. The van der Waals surface area contributed by atoms with Crippen LogP contribution in [-0.4, -0.2) is 19.4 Å². The number of aldehydes is 1. The Labute approximate surface area is 91.2 Å².